The van der Waals surface area contributed by atoms with E-state index in [-0.39, 0.29) is 11.5 Å². The molecule has 160 valence electrons. The van der Waals surface area contributed by atoms with E-state index in [9.17, 15) is 18.0 Å². The molecule has 0 bridgehead atoms. The van der Waals surface area contributed by atoms with Gasteiger partial charge in [-0.1, -0.05) is 48.5 Å². The summed E-state index contributed by atoms with van der Waals surface area (Å²) in [6, 6.07) is 18.3. The maximum absolute atomic E-state index is 13.0. The number of anilines is 1. The van der Waals surface area contributed by atoms with Gasteiger partial charge in [0.25, 0.3) is 5.91 Å². The molecule has 0 radical (unpaired) electrons. The molecule has 4 aromatic rings. The van der Waals surface area contributed by atoms with Crippen LogP contribution < -0.4 is 10.7 Å². The summed E-state index contributed by atoms with van der Waals surface area (Å²) in [6.07, 6.45) is -3.77. The minimum Gasteiger partial charge on any atom is -0.364 e. The topological polar surface area (TPSA) is 87.4 Å². The number of para-hydroxylation sites is 1. The molecule has 0 aliphatic carbocycles. The Bertz CT molecular complexity index is 1340. The van der Waals surface area contributed by atoms with Gasteiger partial charge >= 0.3 is 6.18 Å². The number of nitrogens with one attached hydrogen (secondary N) is 1. The Morgan fingerprint density at radius 1 is 1.00 bits per heavy atom. The number of primary amides is 1. The fraction of sp³-hybridized carbons (Fsp3) is 0.0870. The standard InChI is InChI=1S/C23H16F3N5O/c24-23(25,26)14-10-11-17(28-12-14)31-21(13-6-2-1-3-7-13)19-18(20(30-31)22(27)32)15-8-4-5-9-16(15)29-19/h1-12,21,29H,(H2,27,32). The van der Waals surface area contributed by atoms with Gasteiger partial charge in [0.05, 0.1) is 11.3 Å². The lowest BCUT2D eigenvalue weighted by Gasteiger charge is -2.33. The Morgan fingerprint density at radius 2 is 1.72 bits per heavy atom. The second kappa shape index (κ2) is 7.23. The molecule has 32 heavy (non-hydrogen) atoms. The van der Waals surface area contributed by atoms with Crippen molar-refractivity contribution in [1.29, 1.82) is 0 Å². The van der Waals surface area contributed by atoms with E-state index in [0.717, 1.165) is 28.7 Å². The lowest BCUT2D eigenvalue weighted by Crippen LogP contribution is -2.37. The Morgan fingerprint density at radius 3 is 2.38 bits per heavy atom. The normalized spacial score (nSPS) is 16.0. The number of carbonyl (C=O) groups is 1. The molecule has 9 heteroatoms. The van der Waals surface area contributed by atoms with E-state index in [4.69, 9.17) is 5.73 Å². The van der Waals surface area contributed by atoms with Gasteiger partial charge in [-0.25, -0.2) is 9.99 Å². The number of halogens is 3. The van der Waals surface area contributed by atoms with E-state index in [1.54, 1.807) is 0 Å². The molecule has 0 saturated heterocycles. The van der Waals surface area contributed by atoms with Crippen molar-refractivity contribution in [2.24, 2.45) is 10.8 Å². The number of amides is 1. The summed E-state index contributed by atoms with van der Waals surface area (Å²) in [6.45, 7) is 0. The number of fused-ring (bicyclic) bond motifs is 3. The van der Waals surface area contributed by atoms with Crippen LogP contribution in [0.5, 0.6) is 0 Å². The molecule has 1 amide bonds. The average Bonchev–Trinajstić information content (AvgIpc) is 3.17. The highest BCUT2D eigenvalue weighted by molar-refractivity contribution is 6.47. The van der Waals surface area contributed by atoms with Crippen LogP contribution >= 0.6 is 0 Å². The number of H-pyrrole nitrogens is 1. The molecule has 2 aromatic heterocycles. The fourth-order valence-corrected chi connectivity index (χ4v) is 3.95. The van der Waals surface area contributed by atoms with Gasteiger partial charge in [-0.05, 0) is 23.8 Å². The van der Waals surface area contributed by atoms with Crippen molar-refractivity contribution in [3.63, 3.8) is 0 Å². The van der Waals surface area contributed by atoms with Gasteiger partial charge in [-0.15, -0.1) is 0 Å². The Kier molecular flexibility index (Phi) is 4.47. The number of nitrogens with two attached hydrogens (primary N) is 1. The zero-order chi connectivity index (χ0) is 22.5. The summed E-state index contributed by atoms with van der Waals surface area (Å²) < 4.78 is 39.1. The Balaban J connectivity index is 1.75. The number of hydrogen-bond acceptors (Lipinski definition) is 4. The number of nitrogens with zero attached hydrogens (tertiary/aromatic N) is 3. The molecule has 1 aliphatic heterocycles. The Labute approximate surface area is 180 Å². The molecule has 1 atom stereocenters. The van der Waals surface area contributed by atoms with E-state index in [1.165, 1.54) is 11.1 Å². The summed E-state index contributed by atoms with van der Waals surface area (Å²) in [5, 5.41) is 6.68. The van der Waals surface area contributed by atoms with Crippen LogP contribution in [-0.2, 0) is 11.0 Å². The van der Waals surface area contributed by atoms with Crippen LogP contribution in [0.1, 0.15) is 28.4 Å². The second-order valence-corrected chi connectivity index (χ2v) is 7.33. The van der Waals surface area contributed by atoms with E-state index in [2.05, 4.69) is 15.1 Å². The van der Waals surface area contributed by atoms with Crippen LogP contribution in [0, 0.1) is 0 Å². The third-order valence-electron chi connectivity index (χ3n) is 5.36. The van der Waals surface area contributed by atoms with Crippen molar-refractivity contribution in [2.75, 3.05) is 5.01 Å². The predicted octanol–water partition coefficient (Wildman–Crippen LogP) is 4.38. The van der Waals surface area contributed by atoms with Crippen molar-refractivity contribution in [2.45, 2.75) is 12.2 Å². The summed E-state index contributed by atoms with van der Waals surface area (Å²) in [5.74, 6) is -0.602. The molecule has 0 spiro atoms. The van der Waals surface area contributed by atoms with Crippen LogP contribution in [0.3, 0.4) is 0 Å². The monoisotopic (exact) mass is 435 g/mol. The number of carbonyl (C=O) groups excluding carboxylic acids is 1. The first-order valence-corrected chi connectivity index (χ1v) is 9.71. The lowest BCUT2D eigenvalue weighted by atomic mass is 9.94. The SMILES string of the molecule is NC(=O)C1=NN(c2ccc(C(F)(F)F)cn2)C(c2ccccc2)c2[nH]c3ccccc3c21. The quantitative estimate of drug-likeness (QED) is 0.501. The molecule has 5 rings (SSSR count). The second-order valence-electron chi connectivity index (χ2n) is 7.33. The number of alkyl halides is 3. The van der Waals surface area contributed by atoms with Gasteiger partial charge in [0.1, 0.15) is 11.9 Å². The van der Waals surface area contributed by atoms with Crippen LogP contribution in [0.2, 0.25) is 0 Å². The third kappa shape index (κ3) is 3.18. The van der Waals surface area contributed by atoms with Gasteiger partial charge in [0.2, 0.25) is 0 Å². The molecule has 2 aromatic carbocycles. The largest absolute Gasteiger partial charge is 0.417 e. The zero-order valence-corrected chi connectivity index (χ0v) is 16.5. The van der Waals surface area contributed by atoms with Gasteiger partial charge in [0.15, 0.2) is 5.71 Å². The van der Waals surface area contributed by atoms with Crippen molar-refractivity contribution >= 4 is 28.3 Å². The van der Waals surface area contributed by atoms with Gasteiger partial charge < -0.3 is 10.7 Å². The molecule has 6 nitrogen and oxygen atoms in total. The third-order valence-corrected chi connectivity index (χ3v) is 5.36. The van der Waals surface area contributed by atoms with Crippen LogP contribution in [0.25, 0.3) is 10.9 Å². The van der Waals surface area contributed by atoms with Crippen LogP contribution in [0.15, 0.2) is 78.0 Å². The number of rotatable bonds is 3. The summed E-state index contributed by atoms with van der Waals surface area (Å²) >= 11 is 0. The van der Waals surface area contributed by atoms with Crippen LogP contribution in [-0.4, -0.2) is 21.6 Å². The van der Waals surface area contributed by atoms with Crippen LogP contribution in [0.4, 0.5) is 19.0 Å². The lowest BCUT2D eigenvalue weighted by molar-refractivity contribution is -0.137. The molecular weight excluding hydrogens is 419 g/mol. The van der Waals surface area contributed by atoms with Crippen molar-refractivity contribution in [1.82, 2.24) is 9.97 Å². The molecule has 0 fully saturated rings. The summed E-state index contributed by atoms with van der Waals surface area (Å²) in [4.78, 5) is 19.7. The highest BCUT2D eigenvalue weighted by atomic mass is 19.4. The molecule has 3 heterocycles. The van der Waals surface area contributed by atoms with Gasteiger partial charge in [-0.2, -0.15) is 18.3 Å². The first kappa shape index (κ1) is 19.8. The van der Waals surface area contributed by atoms with Crippen molar-refractivity contribution < 1.29 is 18.0 Å². The first-order valence-electron chi connectivity index (χ1n) is 9.71. The summed E-state index contributed by atoms with van der Waals surface area (Å²) in [7, 11) is 0. The van der Waals surface area contributed by atoms with Gasteiger partial charge in [-0.3, -0.25) is 4.79 Å². The number of benzene rings is 2. The molecule has 1 unspecified atom stereocenters. The fourth-order valence-electron chi connectivity index (χ4n) is 3.95. The van der Waals surface area contributed by atoms with E-state index < -0.39 is 23.7 Å². The minimum absolute atomic E-state index is 0.00586. The smallest absolute Gasteiger partial charge is 0.364 e. The number of hydrogen-bond donors (Lipinski definition) is 2. The number of aromatic amines is 1. The molecule has 0 saturated carbocycles. The summed E-state index contributed by atoms with van der Waals surface area (Å²) in [5.41, 5.74) is 7.62. The van der Waals surface area contributed by atoms with E-state index in [0.29, 0.717) is 11.3 Å². The number of hydrazone groups is 1. The Hall–Kier alpha value is -4.14. The molecular formula is C23H16F3N5O. The van der Waals surface area contributed by atoms with E-state index in [1.807, 2.05) is 54.6 Å². The van der Waals surface area contributed by atoms with E-state index >= 15 is 0 Å². The highest BCUT2D eigenvalue weighted by Crippen LogP contribution is 2.40. The molecule has 3 N–H and O–H groups in total. The highest BCUT2D eigenvalue weighted by Gasteiger charge is 2.37. The maximum Gasteiger partial charge on any atom is 0.417 e. The molecule has 1 aliphatic rings. The number of aromatic nitrogens is 2. The first-order chi connectivity index (χ1) is 15.3. The average molecular weight is 435 g/mol. The zero-order valence-electron chi connectivity index (χ0n) is 16.5. The number of pyridine rings is 1. The minimum atomic E-state index is -4.52. The van der Waals surface area contributed by atoms with Gasteiger partial charge in [0, 0.05) is 22.7 Å². The van der Waals surface area contributed by atoms with Crippen molar-refractivity contribution in [3.05, 3.63) is 95.3 Å². The predicted molar refractivity (Wildman–Crippen MR) is 114 cm³/mol. The maximum atomic E-state index is 13.0. The van der Waals surface area contributed by atoms with Crippen molar-refractivity contribution in [3.8, 4) is 0 Å².